The van der Waals surface area contributed by atoms with Crippen LogP contribution < -0.4 is 5.32 Å². The maximum absolute atomic E-state index is 9.44. The van der Waals surface area contributed by atoms with Crippen LogP contribution in [-0.4, -0.2) is 5.11 Å². The van der Waals surface area contributed by atoms with Gasteiger partial charge in [-0.25, -0.2) is 0 Å². The van der Waals surface area contributed by atoms with Crippen molar-refractivity contribution in [3.8, 4) is 5.75 Å². The van der Waals surface area contributed by atoms with E-state index in [9.17, 15) is 5.11 Å². The van der Waals surface area contributed by atoms with E-state index in [1.165, 1.54) is 94.7 Å². The summed E-state index contributed by atoms with van der Waals surface area (Å²) in [6.45, 7) is 2.29. The lowest BCUT2D eigenvalue weighted by Gasteiger charge is -2.12. The topological polar surface area (TPSA) is 32.3 Å². The van der Waals surface area contributed by atoms with Crippen molar-refractivity contribution in [3.05, 3.63) is 54.1 Å². The highest BCUT2D eigenvalue weighted by molar-refractivity contribution is 5.63. The molecule has 0 fully saturated rings. The normalized spacial score (nSPS) is 10.9. The molecule has 0 heterocycles. The highest BCUT2D eigenvalue weighted by atomic mass is 16.3. The lowest BCUT2D eigenvalue weighted by atomic mass is 10.0. The third-order valence-corrected chi connectivity index (χ3v) is 5.71. The lowest BCUT2D eigenvalue weighted by Crippen LogP contribution is -1.96. The molecule has 0 aliphatic carbocycles. The molecule has 2 aromatic carbocycles. The van der Waals surface area contributed by atoms with Crippen LogP contribution in [0.2, 0.25) is 0 Å². The van der Waals surface area contributed by atoms with E-state index in [4.69, 9.17) is 0 Å². The predicted octanol–water partition coefficient (Wildman–Crippen LogP) is 8.77. The van der Waals surface area contributed by atoms with Crippen molar-refractivity contribution in [1.82, 2.24) is 0 Å². The zero-order valence-corrected chi connectivity index (χ0v) is 18.5. The molecule has 0 unspecified atom stereocenters. The molecule has 0 radical (unpaired) electrons. The van der Waals surface area contributed by atoms with Crippen LogP contribution in [0, 0.1) is 0 Å². The number of aryl methyl sites for hydroxylation is 1. The summed E-state index contributed by atoms with van der Waals surface area (Å²) in [5, 5.41) is 12.9. The highest BCUT2D eigenvalue weighted by Gasteiger charge is 2.03. The number of rotatable bonds is 16. The molecule has 0 aliphatic heterocycles. The van der Waals surface area contributed by atoms with Crippen LogP contribution in [-0.2, 0) is 6.42 Å². The van der Waals surface area contributed by atoms with Crippen molar-refractivity contribution in [1.29, 1.82) is 0 Å². The van der Waals surface area contributed by atoms with E-state index in [0.29, 0.717) is 5.75 Å². The predicted molar refractivity (Wildman–Crippen MR) is 127 cm³/mol. The summed E-state index contributed by atoms with van der Waals surface area (Å²) in [7, 11) is 0. The summed E-state index contributed by atoms with van der Waals surface area (Å²) < 4.78 is 0. The van der Waals surface area contributed by atoms with Crippen LogP contribution >= 0.6 is 0 Å². The Labute approximate surface area is 178 Å². The largest absolute Gasteiger partial charge is 0.508 e. The Morgan fingerprint density at radius 1 is 0.621 bits per heavy atom. The smallest absolute Gasteiger partial charge is 0.115 e. The van der Waals surface area contributed by atoms with E-state index < -0.39 is 0 Å². The summed E-state index contributed by atoms with van der Waals surface area (Å²) in [6, 6.07) is 15.8. The average Bonchev–Trinajstić information content (AvgIpc) is 2.74. The minimum Gasteiger partial charge on any atom is -0.508 e. The van der Waals surface area contributed by atoms with E-state index in [2.05, 4.69) is 36.5 Å². The molecule has 0 aliphatic rings. The van der Waals surface area contributed by atoms with E-state index in [0.717, 1.165) is 12.1 Å². The summed E-state index contributed by atoms with van der Waals surface area (Å²) in [5.74, 6) is 0.302. The molecular formula is C27H41NO. The number of nitrogens with one attached hydrogen (secondary N) is 1. The van der Waals surface area contributed by atoms with Gasteiger partial charge in [0.05, 0.1) is 0 Å². The number of hydrogen-bond acceptors (Lipinski definition) is 2. The molecule has 0 aromatic heterocycles. The zero-order valence-electron chi connectivity index (χ0n) is 18.5. The number of unbranched alkanes of at least 4 members (excludes halogenated alkanes) is 12. The molecule has 0 bridgehead atoms. The lowest BCUT2D eigenvalue weighted by molar-refractivity contribution is 0.475. The number of hydrogen-bond donors (Lipinski definition) is 2. The third-order valence-electron chi connectivity index (χ3n) is 5.71. The molecule has 2 nitrogen and oxygen atoms in total. The van der Waals surface area contributed by atoms with E-state index >= 15 is 0 Å². The molecule has 29 heavy (non-hydrogen) atoms. The first-order valence-electron chi connectivity index (χ1n) is 11.9. The van der Waals surface area contributed by atoms with Gasteiger partial charge in [0.1, 0.15) is 5.75 Å². The Morgan fingerprint density at radius 2 is 1.14 bits per heavy atom. The second-order valence-corrected chi connectivity index (χ2v) is 8.32. The second kappa shape index (κ2) is 15.0. The molecular weight excluding hydrogens is 354 g/mol. The minimum atomic E-state index is 0.302. The number of aromatic hydroxyl groups is 1. The van der Waals surface area contributed by atoms with Gasteiger partial charge in [-0.3, -0.25) is 0 Å². The van der Waals surface area contributed by atoms with Gasteiger partial charge in [0.25, 0.3) is 0 Å². The van der Waals surface area contributed by atoms with Gasteiger partial charge >= 0.3 is 0 Å². The number of phenolic OH excluding ortho intramolecular Hbond substituents is 1. The first kappa shape index (κ1) is 23.3. The van der Waals surface area contributed by atoms with Crippen LogP contribution in [0.15, 0.2) is 48.5 Å². The molecule has 2 rings (SSSR count). The molecule has 0 saturated heterocycles. The Kier molecular flexibility index (Phi) is 12.0. The number of para-hydroxylation sites is 1. The fourth-order valence-electron chi connectivity index (χ4n) is 3.89. The van der Waals surface area contributed by atoms with Gasteiger partial charge in [-0.2, -0.15) is 0 Å². The van der Waals surface area contributed by atoms with Crippen molar-refractivity contribution in [2.45, 2.75) is 96.8 Å². The van der Waals surface area contributed by atoms with Crippen LogP contribution in [0.3, 0.4) is 0 Å². The van der Waals surface area contributed by atoms with E-state index in [1.54, 1.807) is 12.1 Å². The summed E-state index contributed by atoms with van der Waals surface area (Å²) in [6.07, 6.45) is 19.2. The van der Waals surface area contributed by atoms with Crippen molar-refractivity contribution >= 4 is 11.4 Å². The van der Waals surface area contributed by atoms with Crippen LogP contribution in [0.1, 0.15) is 96.0 Å². The van der Waals surface area contributed by atoms with Crippen molar-refractivity contribution < 1.29 is 5.11 Å². The van der Waals surface area contributed by atoms with Gasteiger partial charge in [-0.05, 0) is 48.7 Å². The number of benzene rings is 2. The average molecular weight is 396 g/mol. The standard InChI is InChI=1S/C27H41NO/c1-2-3-4-5-6-7-8-9-10-11-12-13-14-17-24-18-15-16-19-27(24)28-25-20-22-26(29)23-21-25/h15-16,18-23,28-29H,2-14,17H2,1H3. The number of anilines is 2. The van der Waals surface area contributed by atoms with Crippen molar-refractivity contribution in [3.63, 3.8) is 0 Å². The maximum atomic E-state index is 9.44. The molecule has 2 N–H and O–H groups in total. The van der Waals surface area contributed by atoms with Gasteiger partial charge in [0.15, 0.2) is 0 Å². The van der Waals surface area contributed by atoms with Gasteiger partial charge < -0.3 is 10.4 Å². The SMILES string of the molecule is CCCCCCCCCCCCCCCc1ccccc1Nc1ccc(O)cc1. The van der Waals surface area contributed by atoms with Gasteiger partial charge in [0.2, 0.25) is 0 Å². The summed E-state index contributed by atoms with van der Waals surface area (Å²) in [5.41, 5.74) is 3.57. The molecule has 2 aromatic rings. The van der Waals surface area contributed by atoms with Crippen LogP contribution in [0.4, 0.5) is 11.4 Å². The highest BCUT2D eigenvalue weighted by Crippen LogP contribution is 2.24. The molecule has 0 amide bonds. The zero-order chi connectivity index (χ0) is 20.6. The minimum absolute atomic E-state index is 0.302. The Hall–Kier alpha value is -1.96. The van der Waals surface area contributed by atoms with Crippen LogP contribution in [0.5, 0.6) is 5.75 Å². The molecule has 0 saturated carbocycles. The van der Waals surface area contributed by atoms with Crippen molar-refractivity contribution in [2.75, 3.05) is 5.32 Å². The first-order chi connectivity index (χ1) is 14.3. The Morgan fingerprint density at radius 3 is 1.72 bits per heavy atom. The Balaban J connectivity index is 1.54. The van der Waals surface area contributed by atoms with Crippen LogP contribution in [0.25, 0.3) is 0 Å². The van der Waals surface area contributed by atoms with Gasteiger partial charge in [-0.15, -0.1) is 0 Å². The third kappa shape index (κ3) is 10.4. The fourth-order valence-corrected chi connectivity index (χ4v) is 3.89. The first-order valence-corrected chi connectivity index (χ1v) is 11.9. The fraction of sp³-hybridized carbons (Fsp3) is 0.556. The maximum Gasteiger partial charge on any atom is 0.115 e. The molecule has 2 heteroatoms. The molecule has 0 atom stereocenters. The molecule has 160 valence electrons. The van der Waals surface area contributed by atoms with Gasteiger partial charge in [-0.1, -0.05) is 102 Å². The van der Waals surface area contributed by atoms with Crippen molar-refractivity contribution in [2.24, 2.45) is 0 Å². The molecule has 0 spiro atoms. The summed E-state index contributed by atoms with van der Waals surface area (Å²) in [4.78, 5) is 0. The monoisotopic (exact) mass is 395 g/mol. The second-order valence-electron chi connectivity index (χ2n) is 8.32. The van der Waals surface area contributed by atoms with E-state index in [-0.39, 0.29) is 0 Å². The van der Waals surface area contributed by atoms with E-state index in [1.807, 2.05) is 12.1 Å². The summed E-state index contributed by atoms with van der Waals surface area (Å²) >= 11 is 0. The quantitative estimate of drug-likeness (QED) is 0.220. The number of phenols is 1. The Bertz CT molecular complexity index is 650. The van der Waals surface area contributed by atoms with Gasteiger partial charge in [0, 0.05) is 11.4 Å².